The van der Waals surface area contributed by atoms with Crippen LogP contribution in [-0.2, 0) is 0 Å². The normalized spacial score (nSPS) is 11.1. The Bertz CT molecular complexity index is 478. The lowest BCUT2D eigenvalue weighted by Gasteiger charge is -1.95. The standard InChI is InChI=1S/C9H6BrClFN/c1-4-8(10)7-6(13-4)3-2-5(11)9(7)12/h2-3,13H,1H3. The van der Waals surface area contributed by atoms with Crippen molar-refractivity contribution < 1.29 is 4.39 Å². The van der Waals surface area contributed by atoms with E-state index in [0.29, 0.717) is 5.39 Å². The summed E-state index contributed by atoms with van der Waals surface area (Å²) in [7, 11) is 0. The molecule has 0 aliphatic carbocycles. The lowest BCUT2D eigenvalue weighted by Crippen LogP contribution is -1.78. The van der Waals surface area contributed by atoms with Crippen LogP contribution in [0.2, 0.25) is 5.02 Å². The van der Waals surface area contributed by atoms with Crippen molar-refractivity contribution in [3.8, 4) is 0 Å². The molecule has 0 saturated heterocycles. The SMILES string of the molecule is Cc1[nH]c2ccc(Cl)c(F)c2c1Br. The molecule has 0 unspecified atom stereocenters. The van der Waals surface area contributed by atoms with E-state index in [2.05, 4.69) is 20.9 Å². The Kier molecular flexibility index (Phi) is 2.08. The molecule has 2 rings (SSSR count). The molecule has 2 aromatic rings. The summed E-state index contributed by atoms with van der Waals surface area (Å²) in [5.41, 5.74) is 1.66. The molecule has 4 heteroatoms. The van der Waals surface area contributed by atoms with E-state index in [4.69, 9.17) is 11.6 Å². The molecule has 1 aromatic heterocycles. The number of H-pyrrole nitrogens is 1. The zero-order chi connectivity index (χ0) is 9.59. The summed E-state index contributed by atoms with van der Waals surface area (Å²) in [5.74, 6) is -0.379. The van der Waals surface area contributed by atoms with Crippen molar-refractivity contribution in [3.05, 3.63) is 33.1 Å². The average molecular weight is 263 g/mol. The van der Waals surface area contributed by atoms with Crippen LogP contribution in [0, 0.1) is 12.7 Å². The van der Waals surface area contributed by atoms with Crippen LogP contribution >= 0.6 is 27.5 Å². The van der Waals surface area contributed by atoms with Gasteiger partial charge in [-0.15, -0.1) is 0 Å². The molecule has 0 bridgehead atoms. The third-order valence-electron chi connectivity index (χ3n) is 1.97. The molecule has 0 aliphatic heterocycles. The molecule has 13 heavy (non-hydrogen) atoms. The summed E-state index contributed by atoms with van der Waals surface area (Å²) >= 11 is 8.97. The van der Waals surface area contributed by atoms with Gasteiger partial charge in [-0.25, -0.2) is 4.39 Å². The van der Waals surface area contributed by atoms with Crippen molar-refractivity contribution in [3.63, 3.8) is 0 Å². The fourth-order valence-electron chi connectivity index (χ4n) is 1.31. The summed E-state index contributed by atoms with van der Waals surface area (Å²) < 4.78 is 14.2. The van der Waals surface area contributed by atoms with E-state index in [1.54, 1.807) is 12.1 Å². The Morgan fingerprint density at radius 2 is 2.15 bits per heavy atom. The van der Waals surface area contributed by atoms with E-state index in [9.17, 15) is 4.39 Å². The Morgan fingerprint density at radius 1 is 1.46 bits per heavy atom. The van der Waals surface area contributed by atoms with Crippen molar-refractivity contribution in [2.45, 2.75) is 6.92 Å². The van der Waals surface area contributed by atoms with Gasteiger partial charge in [-0.3, -0.25) is 0 Å². The molecule has 0 amide bonds. The van der Waals surface area contributed by atoms with Crippen molar-refractivity contribution in [1.29, 1.82) is 0 Å². The number of aryl methyl sites for hydroxylation is 1. The van der Waals surface area contributed by atoms with Gasteiger partial charge in [-0.1, -0.05) is 11.6 Å². The first-order valence-corrected chi connectivity index (χ1v) is 4.90. The molecule has 0 radical (unpaired) electrons. The van der Waals surface area contributed by atoms with Crippen LogP contribution in [0.1, 0.15) is 5.69 Å². The highest BCUT2D eigenvalue weighted by Gasteiger charge is 2.12. The number of nitrogens with one attached hydrogen (secondary N) is 1. The molecule has 0 saturated carbocycles. The number of halogens is 3. The van der Waals surface area contributed by atoms with Crippen LogP contribution in [0.3, 0.4) is 0 Å². The topological polar surface area (TPSA) is 15.8 Å². The molecule has 1 heterocycles. The minimum atomic E-state index is -0.379. The third-order valence-corrected chi connectivity index (χ3v) is 3.25. The molecule has 0 fully saturated rings. The van der Waals surface area contributed by atoms with Gasteiger partial charge < -0.3 is 4.98 Å². The highest BCUT2D eigenvalue weighted by Crippen LogP contribution is 2.32. The quantitative estimate of drug-likeness (QED) is 0.738. The second-order valence-electron chi connectivity index (χ2n) is 2.85. The van der Waals surface area contributed by atoms with Gasteiger partial charge in [0.1, 0.15) is 0 Å². The molecule has 0 aliphatic rings. The highest BCUT2D eigenvalue weighted by atomic mass is 79.9. The summed E-state index contributed by atoms with van der Waals surface area (Å²) in [6, 6.07) is 3.31. The third kappa shape index (κ3) is 1.27. The zero-order valence-electron chi connectivity index (χ0n) is 6.79. The number of aromatic nitrogens is 1. The second kappa shape index (κ2) is 3.00. The number of aromatic amines is 1. The molecule has 1 N–H and O–H groups in total. The Morgan fingerprint density at radius 3 is 2.85 bits per heavy atom. The highest BCUT2D eigenvalue weighted by molar-refractivity contribution is 9.10. The van der Waals surface area contributed by atoms with Gasteiger partial charge in [0, 0.05) is 15.7 Å². The minimum absolute atomic E-state index is 0.146. The maximum Gasteiger partial charge on any atom is 0.152 e. The van der Waals surface area contributed by atoms with Crippen molar-refractivity contribution in [1.82, 2.24) is 4.98 Å². The number of fused-ring (bicyclic) bond motifs is 1. The van der Waals surface area contributed by atoms with Crippen LogP contribution in [0.15, 0.2) is 16.6 Å². The molecule has 1 nitrogen and oxygen atoms in total. The average Bonchev–Trinajstić information content (AvgIpc) is 2.37. The monoisotopic (exact) mass is 261 g/mol. The van der Waals surface area contributed by atoms with Crippen LogP contribution in [-0.4, -0.2) is 4.98 Å². The van der Waals surface area contributed by atoms with Crippen LogP contribution in [0.25, 0.3) is 10.9 Å². The molecule has 1 aromatic carbocycles. The summed E-state index contributed by atoms with van der Waals surface area (Å²) in [5, 5.41) is 0.664. The van der Waals surface area contributed by atoms with Gasteiger partial charge in [-0.05, 0) is 35.0 Å². The summed E-state index contributed by atoms with van der Waals surface area (Å²) in [4.78, 5) is 3.05. The van der Waals surface area contributed by atoms with E-state index >= 15 is 0 Å². The maximum atomic E-state index is 13.5. The van der Waals surface area contributed by atoms with Crippen LogP contribution in [0.5, 0.6) is 0 Å². The predicted octanol–water partition coefficient (Wildman–Crippen LogP) is 4.03. The fraction of sp³-hybridized carbons (Fsp3) is 0.111. The van der Waals surface area contributed by atoms with Crippen molar-refractivity contribution >= 4 is 38.4 Å². The molecule has 0 spiro atoms. The predicted molar refractivity (Wildman–Crippen MR) is 55.7 cm³/mol. The van der Waals surface area contributed by atoms with E-state index in [1.165, 1.54) is 0 Å². The van der Waals surface area contributed by atoms with Crippen molar-refractivity contribution in [2.24, 2.45) is 0 Å². The van der Waals surface area contributed by atoms with Gasteiger partial charge in [0.25, 0.3) is 0 Å². The van der Waals surface area contributed by atoms with E-state index in [0.717, 1.165) is 15.7 Å². The minimum Gasteiger partial charge on any atom is -0.358 e. The molecular weight excluding hydrogens is 256 g/mol. The Balaban J connectivity index is 2.97. The molecular formula is C9H6BrClFN. The lowest BCUT2D eigenvalue weighted by atomic mass is 10.2. The fourth-order valence-corrected chi connectivity index (χ4v) is 1.96. The number of rotatable bonds is 0. The van der Waals surface area contributed by atoms with E-state index in [-0.39, 0.29) is 10.8 Å². The second-order valence-corrected chi connectivity index (χ2v) is 4.05. The number of hydrogen-bond acceptors (Lipinski definition) is 0. The maximum absolute atomic E-state index is 13.5. The van der Waals surface area contributed by atoms with Crippen LogP contribution in [0.4, 0.5) is 4.39 Å². The molecule has 0 atom stereocenters. The van der Waals surface area contributed by atoms with Gasteiger partial charge in [0.2, 0.25) is 0 Å². The largest absolute Gasteiger partial charge is 0.358 e. The summed E-state index contributed by atoms with van der Waals surface area (Å²) in [6.45, 7) is 1.87. The first-order chi connectivity index (χ1) is 6.11. The van der Waals surface area contributed by atoms with Gasteiger partial charge in [0.15, 0.2) is 5.82 Å². The Hall–Kier alpha value is -0.540. The first-order valence-electron chi connectivity index (χ1n) is 3.73. The number of benzene rings is 1. The van der Waals surface area contributed by atoms with Gasteiger partial charge >= 0.3 is 0 Å². The first kappa shape index (κ1) is 9.03. The van der Waals surface area contributed by atoms with E-state index in [1.807, 2.05) is 6.92 Å². The summed E-state index contributed by atoms with van der Waals surface area (Å²) in [6.07, 6.45) is 0. The van der Waals surface area contributed by atoms with Gasteiger partial charge in [0.05, 0.1) is 10.4 Å². The zero-order valence-corrected chi connectivity index (χ0v) is 9.13. The van der Waals surface area contributed by atoms with Crippen molar-refractivity contribution in [2.75, 3.05) is 0 Å². The molecule has 68 valence electrons. The van der Waals surface area contributed by atoms with Gasteiger partial charge in [-0.2, -0.15) is 0 Å². The number of hydrogen-bond donors (Lipinski definition) is 1. The lowest BCUT2D eigenvalue weighted by molar-refractivity contribution is 0.640. The van der Waals surface area contributed by atoms with Crippen LogP contribution < -0.4 is 0 Å². The smallest absolute Gasteiger partial charge is 0.152 e. The Labute approximate surface area is 88.0 Å². The van der Waals surface area contributed by atoms with E-state index < -0.39 is 0 Å².